The lowest BCUT2D eigenvalue weighted by molar-refractivity contribution is 0.183. The number of aromatic nitrogens is 5. The van der Waals surface area contributed by atoms with Crippen LogP contribution in [-0.4, -0.2) is 38.1 Å². The fourth-order valence-corrected chi connectivity index (χ4v) is 1.93. The molecule has 0 spiro atoms. The van der Waals surface area contributed by atoms with Crippen LogP contribution in [0.25, 0.3) is 5.65 Å². The lowest BCUT2D eigenvalue weighted by atomic mass is 10.5. The molecule has 8 heteroatoms. The molecule has 1 N–H and O–H groups in total. The number of fused-ring (bicyclic) bond motifs is 1. The Morgan fingerprint density at radius 2 is 2.25 bits per heavy atom. The van der Waals surface area contributed by atoms with Gasteiger partial charge in [-0.15, -0.1) is 5.10 Å². The highest BCUT2D eigenvalue weighted by molar-refractivity contribution is 6.30. The number of rotatable bonds is 5. The van der Waals surface area contributed by atoms with Gasteiger partial charge in [-0.05, 0) is 12.1 Å². The predicted molar refractivity (Wildman–Crippen MR) is 75.4 cm³/mol. The van der Waals surface area contributed by atoms with Crippen molar-refractivity contribution in [1.82, 2.24) is 24.4 Å². The molecular formula is C12H13ClN6O. The maximum Gasteiger partial charge on any atom is 0.247 e. The van der Waals surface area contributed by atoms with Crippen LogP contribution in [0, 0.1) is 0 Å². The maximum absolute atomic E-state index is 5.91. The zero-order valence-electron chi connectivity index (χ0n) is 10.8. The molecule has 3 rings (SSSR count). The number of ether oxygens (including phenoxy) is 1. The van der Waals surface area contributed by atoms with Crippen molar-refractivity contribution in [2.24, 2.45) is 0 Å². The molecule has 3 heterocycles. The Labute approximate surface area is 120 Å². The first-order chi connectivity index (χ1) is 9.74. The van der Waals surface area contributed by atoms with E-state index in [1.54, 1.807) is 34.8 Å². The highest BCUT2D eigenvalue weighted by Gasteiger charge is 2.05. The van der Waals surface area contributed by atoms with Crippen LogP contribution in [0.1, 0.15) is 0 Å². The van der Waals surface area contributed by atoms with Crippen molar-refractivity contribution >= 4 is 28.9 Å². The third-order valence-electron chi connectivity index (χ3n) is 2.71. The van der Waals surface area contributed by atoms with Crippen molar-refractivity contribution in [1.29, 1.82) is 0 Å². The lowest BCUT2D eigenvalue weighted by Crippen LogP contribution is -2.03. The van der Waals surface area contributed by atoms with Crippen LogP contribution in [0.2, 0.25) is 5.02 Å². The summed E-state index contributed by atoms with van der Waals surface area (Å²) in [5, 5.41) is 12.2. The minimum Gasteiger partial charge on any atom is -0.383 e. The van der Waals surface area contributed by atoms with Gasteiger partial charge in [-0.25, -0.2) is 4.52 Å². The first kappa shape index (κ1) is 12.9. The van der Waals surface area contributed by atoms with Gasteiger partial charge in [0.25, 0.3) is 0 Å². The van der Waals surface area contributed by atoms with Crippen LogP contribution >= 0.6 is 11.6 Å². The third kappa shape index (κ3) is 2.73. The molecule has 0 amide bonds. The van der Waals surface area contributed by atoms with E-state index >= 15 is 0 Å². The Balaban J connectivity index is 1.76. The average molecular weight is 293 g/mol. The summed E-state index contributed by atoms with van der Waals surface area (Å²) in [5.74, 6) is 0.499. The number of anilines is 2. The number of nitrogens with one attached hydrogen (secondary N) is 1. The smallest absolute Gasteiger partial charge is 0.247 e. The van der Waals surface area contributed by atoms with Gasteiger partial charge < -0.3 is 10.1 Å². The van der Waals surface area contributed by atoms with E-state index in [0.29, 0.717) is 24.1 Å². The highest BCUT2D eigenvalue weighted by atomic mass is 35.5. The van der Waals surface area contributed by atoms with E-state index < -0.39 is 0 Å². The number of halogens is 1. The summed E-state index contributed by atoms with van der Waals surface area (Å²) in [6.07, 6.45) is 5.29. The molecule has 0 saturated carbocycles. The van der Waals surface area contributed by atoms with Crippen molar-refractivity contribution in [2.45, 2.75) is 6.54 Å². The minimum atomic E-state index is 0.499. The van der Waals surface area contributed by atoms with E-state index in [1.807, 2.05) is 12.3 Å². The Morgan fingerprint density at radius 1 is 1.35 bits per heavy atom. The predicted octanol–water partition coefficient (Wildman–Crippen LogP) is 1.97. The molecular weight excluding hydrogens is 280 g/mol. The van der Waals surface area contributed by atoms with Crippen molar-refractivity contribution in [3.63, 3.8) is 0 Å². The number of hydrogen-bond acceptors (Lipinski definition) is 5. The zero-order valence-corrected chi connectivity index (χ0v) is 11.6. The van der Waals surface area contributed by atoms with Crippen LogP contribution in [-0.2, 0) is 11.3 Å². The van der Waals surface area contributed by atoms with Gasteiger partial charge in [0, 0.05) is 19.5 Å². The number of nitrogens with zero attached hydrogens (tertiary/aromatic N) is 5. The van der Waals surface area contributed by atoms with Crippen LogP contribution in [0.4, 0.5) is 11.6 Å². The summed E-state index contributed by atoms with van der Waals surface area (Å²) >= 11 is 5.91. The van der Waals surface area contributed by atoms with Gasteiger partial charge >= 0.3 is 0 Å². The topological polar surface area (TPSA) is 69.3 Å². The Kier molecular flexibility index (Phi) is 3.53. The summed E-state index contributed by atoms with van der Waals surface area (Å²) in [7, 11) is 1.66. The monoisotopic (exact) mass is 292 g/mol. The van der Waals surface area contributed by atoms with E-state index in [2.05, 4.69) is 20.5 Å². The second-order valence-corrected chi connectivity index (χ2v) is 4.63. The van der Waals surface area contributed by atoms with Crippen LogP contribution in [0.3, 0.4) is 0 Å². The molecule has 104 valence electrons. The van der Waals surface area contributed by atoms with Crippen LogP contribution in [0.5, 0.6) is 0 Å². The molecule has 3 aromatic rings. The quantitative estimate of drug-likeness (QED) is 0.778. The molecule has 0 aromatic carbocycles. The molecule has 0 unspecified atom stereocenters. The molecule has 0 bridgehead atoms. The van der Waals surface area contributed by atoms with Crippen molar-refractivity contribution in [2.75, 3.05) is 19.0 Å². The van der Waals surface area contributed by atoms with Gasteiger partial charge in [0.2, 0.25) is 5.95 Å². The van der Waals surface area contributed by atoms with Crippen molar-refractivity contribution < 1.29 is 4.74 Å². The summed E-state index contributed by atoms with van der Waals surface area (Å²) in [5.41, 5.74) is 1.55. The summed E-state index contributed by atoms with van der Waals surface area (Å²) < 4.78 is 8.42. The second kappa shape index (κ2) is 5.48. The molecule has 0 atom stereocenters. The van der Waals surface area contributed by atoms with Gasteiger partial charge in [0.05, 0.1) is 30.1 Å². The molecule has 0 radical (unpaired) electrons. The number of methoxy groups -OCH3 is 1. The Bertz CT molecular complexity index is 722. The van der Waals surface area contributed by atoms with Crippen molar-refractivity contribution in [3.05, 3.63) is 35.7 Å². The Morgan fingerprint density at radius 3 is 3.10 bits per heavy atom. The van der Waals surface area contributed by atoms with Gasteiger partial charge in [-0.2, -0.15) is 10.1 Å². The van der Waals surface area contributed by atoms with E-state index in [9.17, 15) is 0 Å². The first-order valence-corrected chi connectivity index (χ1v) is 6.43. The number of hydrogen-bond donors (Lipinski definition) is 1. The molecule has 0 aliphatic heterocycles. The van der Waals surface area contributed by atoms with Gasteiger partial charge in [-0.3, -0.25) is 4.68 Å². The summed E-state index contributed by atoms with van der Waals surface area (Å²) in [6, 6.07) is 3.58. The third-order valence-corrected chi connectivity index (χ3v) is 2.93. The average Bonchev–Trinajstić information content (AvgIpc) is 3.02. The van der Waals surface area contributed by atoms with E-state index in [-0.39, 0.29) is 0 Å². The fourth-order valence-electron chi connectivity index (χ4n) is 1.78. The molecule has 7 nitrogen and oxygen atoms in total. The standard InChI is InChI=1S/C12H13ClN6O/c1-20-5-4-18-8-10(6-14-18)15-12-16-11-3-2-9(13)7-19(11)17-12/h2-3,6-8H,4-5H2,1H3,(H,15,17). The van der Waals surface area contributed by atoms with Gasteiger partial charge in [-0.1, -0.05) is 11.6 Å². The van der Waals surface area contributed by atoms with E-state index in [0.717, 1.165) is 11.3 Å². The molecule has 0 saturated heterocycles. The van der Waals surface area contributed by atoms with Crippen LogP contribution < -0.4 is 5.32 Å². The summed E-state index contributed by atoms with van der Waals surface area (Å²) in [6.45, 7) is 1.32. The Hall–Kier alpha value is -2.12. The van der Waals surface area contributed by atoms with Crippen LogP contribution in [0.15, 0.2) is 30.7 Å². The maximum atomic E-state index is 5.91. The molecule has 0 aliphatic carbocycles. The second-order valence-electron chi connectivity index (χ2n) is 4.20. The lowest BCUT2D eigenvalue weighted by Gasteiger charge is -1.98. The number of pyridine rings is 1. The van der Waals surface area contributed by atoms with Gasteiger partial charge in [0.15, 0.2) is 5.65 Å². The normalized spacial score (nSPS) is 11.1. The molecule has 3 aromatic heterocycles. The van der Waals surface area contributed by atoms with E-state index in [1.165, 1.54) is 0 Å². The van der Waals surface area contributed by atoms with Gasteiger partial charge in [0.1, 0.15) is 0 Å². The zero-order chi connectivity index (χ0) is 13.9. The molecule has 20 heavy (non-hydrogen) atoms. The van der Waals surface area contributed by atoms with E-state index in [4.69, 9.17) is 16.3 Å². The first-order valence-electron chi connectivity index (χ1n) is 6.05. The largest absolute Gasteiger partial charge is 0.383 e. The van der Waals surface area contributed by atoms with Crippen molar-refractivity contribution in [3.8, 4) is 0 Å². The summed E-state index contributed by atoms with van der Waals surface area (Å²) in [4.78, 5) is 4.34. The molecule has 0 aliphatic rings. The fraction of sp³-hybridized carbons (Fsp3) is 0.250. The molecule has 0 fully saturated rings. The highest BCUT2D eigenvalue weighted by Crippen LogP contribution is 2.15. The minimum absolute atomic E-state index is 0.499. The SMILES string of the molecule is COCCn1cc(Nc2nc3ccc(Cl)cn3n2)cn1.